The molecule has 2 aromatic rings. The van der Waals surface area contributed by atoms with Crippen LogP contribution in [0.2, 0.25) is 0 Å². The number of hydrogen-bond acceptors (Lipinski definition) is 6. The van der Waals surface area contributed by atoms with E-state index in [1.54, 1.807) is 18.4 Å². The van der Waals surface area contributed by atoms with Gasteiger partial charge >= 0.3 is 0 Å². The molecule has 1 unspecified atom stereocenters. The van der Waals surface area contributed by atoms with E-state index in [1.807, 2.05) is 20.8 Å². The van der Waals surface area contributed by atoms with E-state index >= 15 is 0 Å². The van der Waals surface area contributed by atoms with Crippen LogP contribution in [0.15, 0.2) is 4.79 Å². The SMILES string of the molecule is CCC(O)CN(CCOC)Cc1nc2sc(C)c(C)c2c(=O)[nH]1. The van der Waals surface area contributed by atoms with E-state index in [-0.39, 0.29) is 5.56 Å². The Morgan fingerprint density at radius 2 is 2.17 bits per heavy atom. The van der Waals surface area contributed by atoms with Gasteiger partial charge in [0.05, 0.1) is 24.6 Å². The Kier molecular flexibility index (Phi) is 6.29. The Morgan fingerprint density at radius 1 is 1.43 bits per heavy atom. The van der Waals surface area contributed by atoms with Crippen LogP contribution in [0.3, 0.4) is 0 Å². The number of fused-ring (bicyclic) bond motifs is 1. The van der Waals surface area contributed by atoms with Crippen LogP contribution in [0, 0.1) is 13.8 Å². The molecule has 0 fully saturated rings. The van der Waals surface area contributed by atoms with E-state index in [9.17, 15) is 9.90 Å². The Hall–Kier alpha value is -1.28. The van der Waals surface area contributed by atoms with Gasteiger partial charge < -0.3 is 14.8 Å². The summed E-state index contributed by atoms with van der Waals surface area (Å²) in [5.74, 6) is 0.628. The number of nitrogens with one attached hydrogen (secondary N) is 1. The highest BCUT2D eigenvalue weighted by atomic mass is 32.1. The second-order valence-electron chi connectivity index (χ2n) is 5.77. The molecule has 6 nitrogen and oxygen atoms in total. The number of aliphatic hydroxyl groups is 1. The largest absolute Gasteiger partial charge is 0.392 e. The Balaban J connectivity index is 2.25. The number of aliphatic hydroxyl groups excluding tert-OH is 1. The highest BCUT2D eigenvalue weighted by molar-refractivity contribution is 7.18. The van der Waals surface area contributed by atoms with Gasteiger partial charge in [-0.1, -0.05) is 6.92 Å². The van der Waals surface area contributed by atoms with Crippen molar-refractivity contribution in [1.29, 1.82) is 0 Å². The van der Waals surface area contributed by atoms with E-state index in [2.05, 4.69) is 14.9 Å². The summed E-state index contributed by atoms with van der Waals surface area (Å²) >= 11 is 1.55. The fourth-order valence-electron chi connectivity index (χ4n) is 2.47. The van der Waals surface area contributed by atoms with Crippen molar-refractivity contribution in [2.24, 2.45) is 0 Å². The van der Waals surface area contributed by atoms with Crippen LogP contribution < -0.4 is 5.56 Å². The molecule has 0 spiro atoms. The van der Waals surface area contributed by atoms with E-state index in [0.717, 1.165) is 15.3 Å². The molecule has 0 amide bonds. The van der Waals surface area contributed by atoms with E-state index in [1.165, 1.54) is 0 Å². The Bertz CT molecular complexity index is 710. The van der Waals surface area contributed by atoms with Crippen molar-refractivity contribution in [1.82, 2.24) is 14.9 Å². The first kappa shape index (κ1) is 18.1. The number of aromatic amines is 1. The van der Waals surface area contributed by atoms with Crippen molar-refractivity contribution in [3.8, 4) is 0 Å². The summed E-state index contributed by atoms with van der Waals surface area (Å²) in [6.07, 6.45) is 0.295. The minimum Gasteiger partial charge on any atom is -0.392 e. The summed E-state index contributed by atoms with van der Waals surface area (Å²) in [5, 5.41) is 10.6. The molecule has 1 atom stereocenters. The number of aryl methyl sites for hydroxylation is 2. The third kappa shape index (κ3) is 4.38. The zero-order valence-electron chi connectivity index (χ0n) is 14.2. The summed E-state index contributed by atoms with van der Waals surface area (Å²) in [7, 11) is 1.65. The predicted octanol–water partition coefficient (Wildman–Crippen LogP) is 1.82. The fraction of sp³-hybridized carbons (Fsp3) is 0.625. The van der Waals surface area contributed by atoms with Gasteiger partial charge in [-0.25, -0.2) is 4.98 Å². The standard InChI is InChI=1S/C16H25N3O3S/c1-5-12(20)8-19(6-7-22-4)9-13-17-15(21)14-10(2)11(3)23-16(14)18-13/h12,20H,5-9H2,1-4H3,(H,17,18,21). The molecule has 0 aliphatic rings. The molecular weight excluding hydrogens is 314 g/mol. The van der Waals surface area contributed by atoms with Crippen molar-refractivity contribution >= 4 is 21.6 Å². The molecule has 2 N–H and O–H groups in total. The molecule has 0 bridgehead atoms. The minimum atomic E-state index is -0.395. The number of thiophene rings is 1. The lowest BCUT2D eigenvalue weighted by Gasteiger charge is -2.23. The molecule has 2 aromatic heterocycles. The predicted molar refractivity (Wildman–Crippen MR) is 93.2 cm³/mol. The van der Waals surface area contributed by atoms with E-state index in [0.29, 0.717) is 43.9 Å². The van der Waals surface area contributed by atoms with Crippen molar-refractivity contribution in [3.63, 3.8) is 0 Å². The zero-order chi connectivity index (χ0) is 17.0. The average Bonchev–Trinajstić information content (AvgIpc) is 2.79. The third-order valence-corrected chi connectivity index (χ3v) is 5.11. The van der Waals surface area contributed by atoms with Crippen LogP contribution in [-0.2, 0) is 11.3 Å². The van der Waals surface area contributed by atoms with Gasteiger partial charge in [0.15, 0.2) is 0 Å². The zero-order valence-corrected chi connectivity index (χ0v) is 15.0. The number of nitrogens with zero attached hydrogens (tertiary/aromatic N) is 2. The smallest absolute Gasteiger partial charge is 0.259 e. The molecule has 0 aromatic carbocycles. The monoisotopic (exact) mass is 339 g/mol. The first-order valence-corrected chi connectivity index (χ1v) is 8.66. The molecule has 128 valence electrons. The average molecular weight is 339 g/mol. The minimum absolute atomic E-state index is 0.0884. The summed E-state index contributed by atoms with van der Waals surface area (Å²) in [5.41, 5.74) is 0.914. The van der Waals surface area contributed by atoms with Crippen molar-refractivity contribution in [3.05, 3.63) is 26.6 Å². The highest BCUT2D eigenvalue weighted by Gasteiger charge is 2.15. The van der Waals surface area contributed by atoms with Gasteiger partial charge in [0.1, 0.15) is 10.7 Å². The molecule has 0 aliphatic heterocycles. The first-order valence-electron chi connectivity index (χ1n) is 7.84. The molecule has 0 aliphatic carbocycles. The fourth-order valence-corrected chi connectivity index (χ4v) is 3.52. The van der Waals surface area contributed by atoms with Gasteiger partial charge in [-0.2, -0.15) is 0 Å². The second-order valence-corrected chi connectivity index (χ2v) is 6.97. The third-order valence-electron chi connectivity index (χ3n) is 4.01. The van der Waals surface area contributed by atoms with Crippen LogP contribution in [0.5, 0.6) is 0 Å². The number of ether oxygens (including phenoxy) is 1. The van der Waals surface area contributed by atoms with Crippen LogP contribution in [0.4, 0.5) is 0 Å². The van der Waals surface area contributed by atoms with Crippen LogP contribution in [0.1, 0.15) is 29.6 Å². The lowest BCUT2D eigenvalue weighted by Crippen LogP contribution is -2.35. The van der Waals surface area contributed by atoms with Crippen LogP contribution >= 0.6 is 11.3 Å². The quantitative estimate of drug-likeness (QED) is 0.767. The first-order chi connectivity index (χ1) is 11.0. The van der Waals surface area contributed by atoms with Gasteiger partial charge in [0.2, 0.25) is 0 Å². The maximum absolute atomic E-state index is 12.3. The molecule has 7 heteroatoms. The lowest BCUT2D eigenvalue weighted by atomic mass is 10.2. The highest BCUT2D eigenvalue weighted by Crippen LogP contribution is 2.25. The number of methoxy groups -OCH3 is 1. The van der Waals surface area contributed by atoms with Gasteiger partial charge in [-0.05, 0) is 25.8 Å². The molecule has 23 heavy (non-hydrogen) atoms. The summed E-state index contributed by atoms with van der Waals surface area (Å²) in [6, 6.07) is 0. The normalized spacial score (nSPS) is 13.1. The van der Waals surface area contributed by atoms with Crippen molar-refractivity contribution in [2.45, 2.75) is 39.8 Å². The topological polar surface area (TPSA) is 78.5 Å². The van der Waals surface area contributed by atoms with Gasteiger partial charge in [-0.15, -0.1) is 11.3 Å². The van der Waals surface area contributed by atoms with E-state index in [4.69, 9.17) is 4.74 Å². The molecule has 0 saturated heterocycles. The van der Waals surface area contributed by atoms with Crippen LogP contribution in [-0.4, -0.2) is 52.9 Å². The van der Waals surface area contributed by atoms with Gasteiger partial charge in [-0.3, -0.25) is 9.69 Å². The second kappa shape index (κ2) is 8.01. The van der Waals surface area contributed by atoms with E-state index < -0.39 is 6.10 Å². The number of rotatable bonds is 8. The van der Waals surface area contributed by atoms with Gasteiger partial charge in [0.25, 0.3) is 5.56 Å². The van der Waals surface area contributed by atoms with Crippen molar-refractivity contribution in [2.75, 3.05) is 26.8 Å². The Labute approximate surface area is 140 Å². The van der Waals surface area contributed by atoms with Crippen molar-refractivity contribution < 1.29 is 9.84 Å². The number of H-pyrrole nitrogens is 1. The number of aromatic nitrogens is 2. The lowest BCUT2D eigenvalue weighted by molar-refractivity contribution is 0.0817. The molecular formula is C16H25N3O3S. The summed E-state index contributed by atoms with van der Waals surface area (Å²) in [4.78, 5) is 23.8. The maximum Gasteiger partial charge on any atom is 0.259 e. The Morgan fingerprint density at radius 3 is 2.83 bits per heavy atom. The molecule has 2 rings (SSSR count). The summed E-state index contributed by atoms with van der Waals surface area (Å²) in [6.45, 7) is 8.17. The van der Waals surface area contributed by atoms with Crippen LogP contribution in [0.25, 0.3) is 10.2 Å². The summed E-state index contributed by atoms with van der Waals surface area (Å²) < 4.78 is 5.12. The molecule has 0 radical (unpaired) electrons. The van der Waals surface area contributed by atoms with Gasteiger partial charge in [0, 0.05) is 25.1 Å². The maximum atomic E-state index is 12.3. The molecule has 2 heterocycles. The molecule has 0 saturated carbocycles. The number of hydrogen-bond donors (Lipinski definition) is 2.